The molecule has 0 radical (unpaired) electrons. The second-order valence-electron chi connectivity index (χ2n) is 6.09. The van der Waals surface area contributed by atoms with E-state index in [2.05, 4.69) is 31.2 Å². The summed E-state index contributed by atoms with van der Waals surface area (Å²) in [5.74, 6) is 0.223. The lowest BCUT2D eigenvalue weighted by molar-refractivity contribution is -0.131. The van der Waals surface area contributed by atoms with E-state index in [1.54, 1.807) is 11.8 Å². The van der Waals surface area contributed by atoms with Gasteiger partial charge in [-0.25, -0.2) is 0 Å². The van der Waals surface area contributed by atoms with Gasteiger partial charge in [0.1, 0.15) is 0 Å². The van der Waals surface area contributed by atoms with E-state index in [-0.39, 0.29) is 11.2 Å². The monoisotopic (exact) mass is 306 g/mol. The zero-order valence-electron chi connectivity index (χ0n) is 13.2. The highest BCUT2D eigenvalue weighted by Gasteiger charge is 2.27. The number of hydrogen-bond donors (Lipinski definition) is 1. The number of rotatable bonds is 4. The molecule has 2 N–H and O–H groups in total. The highest BCUT2D eigenvalue weighted by Crippen LogP contribution is 2.27. The van der Waals surface area contributed by atoms with E-state index in [4.69, 9.17) is 5.73 Å². The van der Waals surface area contributed by atoms with Crippen molar-refractivity contribution in [3.63, 3.8) is 0 Å². The van der Waals surface area contributed by atoms with Crippen molar-refractivity contribution < 1.29 is 4.79 Å². The van der Waals surface area contributed by atoms with Gasteiger partial charge in [0, 0.05) is 24.0 Å². The molecule has 4 heteroatoms. The predicted octanol–water partition coefficient (Wildman–Crippen LogP) is 3.20. The van der Waals surface area contributed by atoms with Gasteiger partial charge in [0.25, 0.3) is 0 Å². The molecular weight excluding hydrogens is 280 g/mol. The van der Waals surface area contributed by atoms with Crippen molar-refractivity contribution in [1.82, 2.24) is 4.90 Å². The van der Waals surface area contributed by atoms with E-state index >= 15 is 0 Å². The van der Waals surface area contributed by atoms with E-state index in [1.165, 1.54) is 5.56 Å². The minimum atomic E-state index is -0.0479. The molecule has 116 valence electrons. The predicted molar refractivity (Wildman–Crippen MR) is 89.5 cm³/mol. The summed E-state index contributed by atoms with van der Waals surface area (Å²) in [6, 6.07) is 9.03. The van der Waals surface area contributed by atoms with Crippen LogP contribution in [0.2, 0.25) is 0 Å². The Morgan fingerprint density at radius 3 is 2.38 bits per heavy atom. The van der Waals surface area contributed by atoms with Gasteiger partial charge in [-0.3, -0.25) is 4.79 Å². The normalized spacial score (nSPS) is 23.6. The maximum Gasteiger partial charge on any atom is 0.235 e. The highest BCUT2D eigenvalue weighted by molar-refractivity contribution is 8.00. The zero-order valence-corrected chi connectivity index (χ0v) is 14.0. The molecule has 0 spiro atoms. The smallest absolute Gasteiger partial charge is 0.235 e. The molecule has 0 aromatic heterocycles. The van der Waals surface area contributed by atoms with Crippen molar-refractivity contribution in [1.29, 1.82) is 0 Å². The van der Waals surface area contributed by atoms with Gasteiger partial charge in [-0.05, 0) is 51.7 Å². The van der Waals surface area contributed by atoms with Gasteiger partial charge >= 0.3 is 0 Å². The van der Waals surface area contributed by atoms with Crippen LogP contribution < -0.4 is 5.73 Å². The third-order valence-electron chi connectivity index (χ3n) is 4.32. The largest absolute Gasteiger partial charge is 0.342 e. The first kappa shape index (κ1) is 16.4. The quantitative estimate of drug-likeness (QED) is 0.869. The molecule has 0 unspecified atom stereocenters. The summed E-state index contributed by atoms with van der Waals surface area (Å²) in [5, 5.41) is -0.0479. The molecular formula is C17H26N2OS. The number of nitrogens with zero attached hydrogens (tertiary/aromatic N) is 1. The first-order chi connectivity index (χ1) is 9.97. The van der Waals surface area contributed by atoms with Crippen LogP contribution in [0, 0.1) is 6.92 Å². The second-order valence-corrected chi connectivity index (χ2v) is 7.51. The number of thioether (sulfide) groups is 1. The molecule has 1 saturated carbocycles. The number of nitrogens with two attached hydrogens (primary N) is 1. The Labute approximate surface area is 132 Å². The SMILES string of the molecule is Cc1ccc(S[C@@H](C)C(=O)N(C)C2CCC(N)CC2)cc1. The lowest BCUT2D eigenvalue weighted by Crippen LogP contribution is -2.44. The van der Waals surface area contributed by atoms with Gasteiger partial charge in [0.2, 0.25) is 5.91 Å². The number of amides is 1. The fraction of sp³-hybridized carbons (Fsp3) is 0.588. The molecule has 0 saturated heterocycles. The molecule has 0 aliphatic heterocycles. The maximum atomic E-state index is 12.6. The summed E-state index contributed by atoms with van der Waals surface area (Å²) >= 11 is 1.64. The van der Waals surface area contributed by atoms with Crippen LogP contribution in [0.15, 0.2) is 29.2 Å². The van der Waals surface area contributed by atoms with Crippen molar-refractivity contribution in [3.8, 4) is 0 Å². The van der Waals surface area contributed by atoms with Crippen molar-refractivity contribution in [2.45, 2.75) is 61.8 Å². The number of carbonyl (C=O) groups is 1. The molecule has 1 aliphatic carbocycles. The van der Waals surface area contributed by atoms with Crippen molar-refractivity contribution in [3.05, 3.63) is 29.8 Å². The zero-order chi connectivity index (χ0) is 15.4. The van der Waals surface area contributed by atoms with Crippen molar-refractivity contribution in [2.24, 2.45) is 5.73 Å². The molecule has 1 fully saturated rings. The molecule has 1 amide bonds. The van der Waals surface area contributed by atoms with E-state index < -0.39 is 0 Å². The molecule has 2 rings (SSSR count). The van der Waals surface area contributed by atoms with Gasteiger partial charge < -0.3 is 10.6 Å². The van der Waals surface area contributed by atoms with Crippen LogP contribution in [0.1, 0.15) is 38.2 Å². The Balaban J connectivity index is 1.90. The van der Waals surface area contributed by atoms with Crippen molar-refractivity contribution in [2.75, 3.05) is 7.05 Å². The Hall–Kier alpha value is -1.00. The topological polar surface area (TPSA) is 46.3 Å². The summed E-state index contributed by atoms with van der Waals surface area (Å²) in [7, 11) is 1.94. The van der Waals surface area contributed by atoms with E-state index in [9.17, 15) is 4.79 Å². The average Bonchev–Trinajstić information content (AvgIpc) is 2.49. The second kappa shape index (κ2) is 7.32. The molecule has 1 aromatic carbocycles. The third-order valence-corrected chi connectivity index (χ3v) is 5.42. The third kappa shape index (κ3) is 4.48. The molecule has 0 heterocycles. The Morgan fingerprint density at radius 2 is 1.81 bits per heavy atom. The van der Waals surface area contributed by atoms with Crippen LogP contribution in [-0.2, 0) is 4.79 Å². The van der Waals surface area contributed by atoms with Gasteiger partial charge in [-0.2, -0.15) is 0 Å². The Kier molecular flexibility index (Phi) is 5.71. The molecule has 0 bridgehead atoms. The molecule has 1 atom stereocenters. The van der Waals surface area contributed by atoms with Gasteiger partial charge in [0.15, 0.2) is 0 Å². The standard InChI is InChI=1S/C17H26N2OS/c1-12-4-10-16(11-5-12)21-13(2)17(20)19(3)15-8-6-14(18)7-9-15/h4-5,10-11,13-15H,6-9,18H2,1-3H3/t13-,14?,15?/m0/s1. The fourth-order valence-electron chi connectivity index (χ4n) is 2.83. The summed E-state index contributed by atoms with van der Waals surface area (Å²) in [5.41, 5.74) is 7.18. The van der Waals surface area contributed by atoms with Crippen LogP contribution in [-0.4, -0.2) is 35.2 Å². The number of hydrogen-bond acceptors (Lipinski definition) is 3. The lowest BCUT2D eigenvalue weighted by Gasteiger charge is -2.34. The lowest BCUT2D eigenvalue weighted by atomic mass is 9.91. The number of aryl methyl sites for hydroxylation is 1. The minimum Gasteiger partial charge on any atom is -0.342 e. The average molecular weight is 306 g/mol. The summed E-state index contributed by atoms with van der Waals surface area (Å²) in [6.45, 7) is 4.07. The van der Waals surface area contributed by atoms with Crippen LogP contribution in [0.5, 0.6) is 0 Å². The minimum absolute atomic E-state index is 0.0479. The summed E-state index contributed by atoms with van der Waals surface area (Å²) in [6.07, 6.45) is 4.13. The van der Waals surface area contributed by atoms with Crippen molar-refractivity contribution >= 4 is 17.7 Å². The van der Waals surface area contributed by atoms with Gasteiger partial charge in [0.05, 0.1) is 5.25 Å². The number of carbonyl (C=O) groups excluding carboxylic acids is 1. The molecule has 1 aromatic rings. The van der Waals surface area contributed by atoms with Crippen LogP contribution in [0.4, 0.5) is 0 Å². The van der Waals surface area contributed by atoms with Crippen LogP contribution in [0.25, 0.3) is 0 Å². The summed E-state index contributed by atoms with van der Waals surface area (Å²) < 4.78 is 0. The Morgan fingerprint density at radius 1 is 1.24 bits per heavy atom. The van der Waals surface area contributed by atoms with Gasteiger partial charge in [-0.1, -0.05) is 17.7 Å². The highest BCUT2D eigenvalue weighted by atomic mass is 32.2. The first-order valence-electron chi connectivity index (χ1n) is 7.73. The van der Waals surface area contributed by atoms with Crippen LogP contribution >= 0.6 is 11.8 Å². The molecule has 1 aliphatic rings. The van der Waals surface area contributed by atoms with E-state index in [0.29, 0.717) is 12.1 Å². The van der Waals surface area contributed by atoms with Crippen LogP contribution in [0.3, 0.4) is 0 Å². The maximum absolute atomic E-state index is 12.6. The Bertz CT molecular complexity index is 466. The number of benzene rings is 1. The van der Waals surface area contributed by atoms with E-state index in [1.807, 2.05) is 18.9 Å². The fourth-order valence-corrected chi connectivity index (χ4v) is 3.80. The molecule has 3 nitrogen and oxygen atoms in total. The summed E-state index contributed by atoms with van der Waals surface area (Å²) in [4.78, 5) is 15.7. The molecule has 21 heavy (non-hydrogen) atoms. The van der Waals surface area contributed by atoms with Gasteiger partial charge in [-0.15, -0.1) is 11.8 Å². The first-order valence-corrected chi connectivity index (χ1v) is 8.61. The van der Waals surface area contributed by atoms with E-state index in [0.717, 1.165) is 30.6 Å².